The van der Waals surface area contributed by atoms with Crippen LogP contribution >= 0.6 is 0 Å². The molecular formula is C13H22N2O5. The number of esters is 1. The summed E-state index contributed by atoms with van der Waals surface area (Å²) < 4.78 is 4.77. The highest BCUT2D eigenvalue weighted by molar-refractivity contribution is 5.86. The van der Waals surface area contributed by atoms with Gasteiger partial charge in [-0.05, 0) is 33.1 Å². The van der Waals surface area contributed by atoms with E-state index in [4.69, 9.17) is 4.74 Å². The van der Waals surface area contributed by atoms with Crippen LogP contribution in [0.5, 0.6) is 0 Å². The van der Waals surface area contributed by atoms with Crippen molar-refractivity contribution < 1.29 is 24.2 Å². The van der Waals surface area contributed by atoms with Gasteiger partial charge in [-0.3, -0.25) is 4.79 Å². The molecule has 1 atom stereocenters. The van der Waals surface area contributed by atoms with Gasteiger partial charge in [0.15, 0.2) is 0 Å². The van der Waals surface area contributed by atoms with Gasteiger partial charge in [0.05, 0.1) is 6.61 Å². The Morgan fingerprint density at radius 1 is 1.40 bits per heavy atom. The van der Waals surface area contributed by atoms with Gasteiger partial charge in [0.25, 0.3) is 0 Å². The van der Waals surface area contributed by atoms with Crippen molar-refractivity contribution in [2.45, 2.75) is 45.1 Å². The van der Waals surface area contributed by atoms with E-state index in [1.54, 1.807) is 13.8 Å². The zero-order valence-corrected chi connectivity index (χ0v) is 12.0. The smallest absolute Gasteiger partial charge is 0.329 e. The monoisotopic (exact) mass is 286 g/mol. The summed E-state index contributed by atoms with van der Waals surface area (Å²) in [5.41, 5.74) is -1.13. The van der Waals surface area contributed by atoms with Crippen LogP contribution < -0.4 is 5.32 Å². The van der Waals surface area contributed by atoms with Gasteiger partial charge in [0.1, 0.15) is 5.54 Å². The minimum absolute atomic E-state index is 0.240. The molecule has 0 saturated carbocycles. The van der Waals surface area contributed by atoms with E-state index < -0.39 is 17.5 Å². The summed E-state index contributed by atoms with van der Waals surface area (Å²) in [6, 6.07) is -0.392. The van der Waals surface area contributed by atoms with Gasteiger partial charge in [-0.1, -0.05) is 0 Å². The number of carbonyl (C=O) groups excluding carboxylic acids is 2. The number of nitrogens with one attached hydrogen (secondary N) is 1. The third kappa shape index (κ3) is 3.85. The van der Waals surface area contributed by atoms with Crippen LogP contribution in [0.25, 0.3) is 0 Å². The third-order valence-electron chi connectivity index (χ3n) is 3.49. The number of ether oxygens (including phenoxy) is 1. The Labute approximate surface area is 118 Å². The minimum atomic E-state index is -1.13. The number of carboxylic acid groups (broad SMARTS) is 1. The van der Waals surface area contributed by atoms with Gasteiger partial charge >= 0.3 is 18.0 Å². The van der Waals surface area contributed by atoms with Gasteiger partial charge in [-0.2, -0.15) is 0 Å². The molecule has 0 aromatic carbocycles. The predicted octanol–water partition coefficient (Wildman–Crippen LogP) is 0.978. The number of hydrogen-bond acceptors (Lipinski definition) is 4. The summed E-state index contributed by atoms with van der Waals surface area (Å²) >= 11 is 0. The van der Waals surface area contributed by atoms with Crippen molar-refractivity contribution >= 4 is 18.0 Å². The van der Waals surface area contributed by atoms with E-state index in [-0.39, 0.29) is 12.4 Å². The van der Waals surface area contributed by atoms with E-state index >= 15 is 0 Å². The Hall–Kier alpha value is -1.79. The summed E-state index contributed by atoms with van der Waals surface area (Å²) in [6.07, 6.45) is 1.85. The highest BCUT2D eigenvalue weighted by Gasteiger charge is 2.45. The lowest BCUT2D eigenvalue weighted by Crippen LogP contribution is -2.54. The quantitative estimate of drug-likeness (QED) is 0.560. The van der Waals surface area contributed by atoms with Crippen LogP contribution in [0.2, 0.25) is 0 Å². The summed E-state index contributed by atoms with van der Waals surface area (Å²) in [4.78, 5) is 35.7. The molecule has 0 radical (unpaired) electrons. The van der Waals surface area contributed by atoms with Crippen molar-refractivity contribution in [3.8, 4) is 0 Å². The van der Waals surface area contributed by atoms with Gasteiger partial charge < -0.3 is 20.1 Å². The van der Waals surface area contributed by atoms with Gasteiger partial charge in [0.2, 0.25) is 0 Å². The van der Waals surface area contributed by atoms with Crippen molar-refractivity contribution in [1.29, 1.82) is 0 Å². The number of urea groups is 1. The lowest BCUT2D eigenvalue weighted by molar-refractivity contribution is -0.147. The Morgan fingerprint density at radius 2 is 2.10 bits per heavy atom. The van der Waals surface area contributed by atoms with Crippen molar-refractivity contribution in [2.75, 3.05) is 19.7 Å². The molecule has 114 valence electrons. The fourth-order valence-electron chi connectivity index (χ4n) is 2.27. The molecule has 0 aliphatic carbocycles. The highest BCUT2D eigenvalue weighted by Crippen LogP contribution is 2.29. The summed E-state index contributed by atoms with van der Waals surface area (Å²) in [6.45, 7) is 4.40. The molecule has 7 heteroatoms. The number of carboxylic acids is 1. The first-order chi connectivity index (χ1) is 9.41. The summed E-state index contributed by atoms with van der Waals surface area (Å²) in [5, 5.41) is 11.9. The van der Waals surface area contributed by atoms with Crippen molar-refractivity contribution in [3.05, 3.63) is 0 Å². The van der Waals surface area contributed by atoms with E-state index in [9.17, 15) is 19.5 Å². The maximum atomic E-state index is 12.0. The van der Waals surface area contributed by atoms with Crippen LogP contribution in [0.1, 0.15) is 39.5 Å². The van der Waals surface area contributed by atoms with Gasteiger partial charge in [0, 0.05) is 19.5 Å². The van der Waals surface area contributed by atoms with Crippen LogP contribution in [-0.2, 0) is 14.3 Å². The molecule has 1 aliphatic heterocycles. The molecule has 20 heavy (non-hydrogen) atoms. The Morgan fingerprint density at radius 3 is 2.70 bits per heavy atom. The number of carbonyl (C=O) groups is 3. The van der Waals surface area contributed by atoms with Gasteiger partial charge in [-0.15, -0.1) is 0 Å². The zero-order chi connectivity index (χ0) is 15.2. The number of amides is 2. The van der Waals surface area contributed by atoms with E-state index in [0.717, 1.165) is 0 Å². The van der Waals surface area contributed by atoms with E-state index in [2.05, 4.69) is 5.32 Å². The summed E-state index contributed by atoms with van der Waals surface area (Å²) in [7, 11) is 0. The molecule has 2 N–H and O–H groups in total. The van der Waals surface area contributed by atoms with Crippen LogP contribution in [0, 0.1) is 0 Å². The molecule has 1 aliphatic rings. The first-order valence-corrected chi connectivity index (χ1v) is 6.86. The molecule has 1 fully saturated rings. The zero-order valence-electron chi connectivity index (χ0n) is 12.0. The summed E-state index contributed by atoms with van der Waals surface area (Å²) in [5.74, 6) is -1.28. The van der Waals surface area contributed by atoms with Gasteiger partial charge in [-0.25, -0.2) is 9.59 Å². The number of likely N-dealkylation sites (tertiary alicyclic amines) is 1. The molecule has 0 aromatic heterocycles. The second-order valence-electron chi connectivity index (χ2n) is 4.97. The minimum Gasteiger partial charge on any atom is -0.480 e. The lowest BCUT2D eigenvalue weighted by Gasteiger charge is -2.31. The molecule has 1 saturated heterocycles. The molecular weight excluding hydrogens is 264 g/mol. The first kappa shape index (κ1) is 16.3. The predicted molar refractivity (Wildman–Crippen MR) is 71.2 cm³/mol. The molecule has 0 spiro atoms. The number of nitrogens with zero attached hydrogens (tertiary/aromatic N) is 1. The topological polar surface area (TPSA) is 95.9 Å². The van der Waals surface area contributed by atoms with Crippen LogP contribution in [0.15, 0.2) is 0 Å². The van der Waals surface area contributed by atoms with Crippen molar-refractivity contribution in [1.82, 2.24) is 10.2 Å². The molecule has 1 unspecified atom stereocenters. The van der Waals surface area contributed by atoms with E-state index in [1.165, 1.54) is 4.90 Å². The van der Waals surface area contributed by atoms with Crippen molar-refractivity contribution in [3.63, 3.8) is 0 Å². The maximum Gasteiger partial charge on any atom is 0.329 e. The molecule has 0 aromatic rings. The Kier molecular flexibility index (Phi) is 5.79. The Bertz CT molecular complexity index is 385. The van der Waals surface area contributed by atoms with E-state index in [1.807, 2.05) is 0 Å². The average molecular weight is 286 g/mol. The standard InChI is InChI=1S/C13H22N2O5/c1-3-20-10(16)6-4-8-14-12(19)15-9-5-7-13(15,2)11(17)18/h3-9H2,1-2H3,(H,14,19)(H,17,18). The van der Waals surface area contributed by atoms with Crippen LogP contribution in [-0.4, -0.2) is 53.2 Å². The number of rotatable bonds is 6. The second kappa shape index (κ2) is 7.12. The number of aliphatic carboxylic acids is 1. The third-order valence-corrected chi connectivity index (χ3v) is 3.49. The lowest BCUT2D eigenvalue weighted by atomic mass is 10.00. The Balaban J connectivity index is 2.36. The normalized spacial score (nSPS) is 21.6. The number of hydrogen-bond donors (Lipinski definition) is 2. The van der Waals surface area contributed by atoms with E-state index in [0.29, 0.717) is 39.0 Å². The first-order valence-electron chi connectivity index (χ1n) is 6.86. The molecule has 0 bridgehead atoms. The SMILES string of the molecule is CCOC(=O)CCCNC(=O)N1CCCC1(C)C(=O)O. The fraction of sp³-hybridized carbons (Fsp3) is 0.769. The van der Waals surface area contributed by atoms with Crippen LogP contribution in [0.3, 0.4) is 0 Å². The largest absolute Gasteiger partial charge is 0.480 e. The van der Waals surface area contributed by atoms with Crippen LogP contribution in [0.4, 0.5) is 4.79 Å². The molecule has 1 rings (SSSR count). The fourth-order valence-corrected chi connectivity index (χ4v) is 2.27. The molecule has 7 nitrogen and oxygen atoms in total. The highest BCUT2D eigenvalue weighted by atomic mass is 16.5. The molecule has 2 amide bonds. The second-order valence-corrected chi connectivity index (χ2v) is 4.97. The maximum absolute atomic E-state index is 12.0. The average Bonchev–Trinajstić information content (AvgIpc) is 2.78. The molecule has 1 heterocycles. The van der Waals surface area contributed by atoms with Crippen molar-refractivity contribution in [2.24, 2.45) is 0 Å².